The molecule has 0 spiro atoms. The van der Waals surface area contributed by atoms with Crippen LogP contribution in [0.2, 0.25) is 0 Å². The van der Waals surface area contributed by atoms with Crippen LogP contribution in [0.15, 0.2) is 42.6 Å². The average molecular weight is 283 g/mol. The third-order valence-electron chi connectivity index (χ3n) is 3.75. The average Bonchev–Trinajstić information content (AvgIpc) is 2.44. The molecule has 0 radical (unpaired) electrons. The molecule has 0 amide bonds. The van der Waals surface area contributed by atoms with Gasteiger partial charge in [-0.15, -0.1) is 0 Å². The number of hydrogen-bond donors (Lipinski definition) is 2. The van der Waals surface area contributed by atoms with E-state index in [9.17, 15) is 0 Å². The maximum absolute atomic E-state index is 5.71. The van der Waals surface area contributed by atoms with Gasteiger partial charge in [-0.05, 0) is 47.6 Å². The molecule has 3 N–H and O–H groups in total. The molecule has 1 unspecified atom stereocenters. The SMILES string of the molecule is Cc1ccnc(C(Cc2ccc(C(C)(C)C)cc2)NN)c1. The van der Waals surface area contributed by atoms with Crippen molar-refractivity contribution in [1.29, 1.82) is 0 Å². The molecule has 21 heavy (non-hydrogen) atoms. The third kappa shape index (κ3) is 4.13. The molecular formula is C18H25N3. The van der Waals surface area contributed by atoms with Gasteiger partial charge < -0.3 is 0 Å². The summed E-state index contributed by atoms with van der Waals surface area (Å²) >= 11 is 0. The first-order chi connectivity index (χ1) is 9.90. The number of nitrogens with zero attached hydrogens (tertiary/aromatic N) is 1. The van der Waals surface area contributed by atoms with E-state index in [0.29, 0.717) is 0 Å². The fourth-order valence-electron chi connectivity index (χ4n) is 2.38. The fourth-order valence-corrected chi connectivity index (χ4v) is 2.38. The highest BCUT2D eigenvalue weighted by Gasteiger charge is 2.15. The smallest absolute Gasteiger partial charge is 0.0672 e. The Balaban J connectivity index is 2.15. The van der Waals surface area contributed by atoms with E-state index in [1.807, 2.05) is 12.3 Å². The Morgan fingerprint density at radius 3 is 2.33 bits per heavy atom. The van der Waals surface area contributed by atoms with Crippen LogP contribution in [0.3, 0.4) is 0 Å². The zero-order valence-electron chi connectivity index (χ0n) is 13.4. The molecule has 0 aliphatic heterocycles. The van der Waals surface area contributed by atoms with Crippen molar-refractivity contribution < 1.29 is 0 Å². The first-order valence-electron chi connectivity index (χ1n) is 7.38. The predicted octanol–water partition coefficient (Wildman–Crippen LogP) is 3.43. The first kappa shape index (κ1) is 15.7. The van der Waals surface area contributed by atoms with Crippen molar-refractivity contribution in [1.82, 2.24) is 10.4 Å². The lowest BCUT2D eigenvalue weighted by Crippen LogP contribution is -2.30. The van der Waals surface area contributed by atoms with E-state index in [0.717, 1.165) is 12.1 Å². The topological polar surface area (TPSA) is 50.9 Å². The minimum absolute atomic E-state index is 0.0328. The van der Waals surface area contributed by atoms with Crippen molar-refractivity contribution >= 4 is 0 Å². The summed E-state index contributed by atoms with van der Waals surface area (Å²) in [5, 5.41) is 0. The van der Waals surface area contributed by atoms with Gasteiger partial charge in [0.1, 0.15) is 0 Å². The van der Waals surface area contributed by atoms with Gasteiger partial charge in [0.25, 0.3) is 0 Å². The second-order valence-corrected chi connectivity index (χ2v) is 6.63. The van der Waals surface area contributed by atoms with Crippen molar-refractivity contribution in [3.63, 3.8) is 0 Å². The van der Waals surface area contributed by atoms with Crippen molar-refractivity contribution in [2.75, 3.05) is 0 Å². The molecule has 1 aromatic carbocycles. The number of pyridine rings is 1. The Hall–Kier alpha value is -1.71. The molecule has 2 rings (SSSR count). The molecule has 0 aliphatic rings. The van der Waals surface area contributed by atoms with Gasteiger partial charge in [-0.1, -0.05) is 45.0 Å². The van der Waals surface area contributed by atoms with Gasteiger partial charge >= 0.3 is 0 Å². The highest BCUT2D eigenvalue weighted by Crippen LogP contribution is 2.23. The van der Waals surface area contributed by atoms with Gasteiger partial charge in [0, 0.05) is 6.20 Å². The Morgan fingerprint density at radius 1 is 1.14 bits per heavy atom. The maximum Gasteiger partial charge on any atom is 0.0672 e. The van der Waals surface area contributed by atoms with Gasteiger partial charge in [-0.3, -0.25) is 16.3 Å². The Labute approximate surface area is 127 Å². The number of benzene rings is 1. The van der Waals surface area contributed by atoms with Crippen molar-refractivity contribution in [3.05, 3.63) is 65.0 Å². The summed E-state index contributed by atoms with van der Waals surface area (Å²) in [5.41, 5.74) is 7.84. The Morgan fingerprint density at radius 2 is 1.81 bits per heavy atom. The summed E-state index contributed by atoms with van der Waals surface area (Å²) < 4.78 is 0. The van der Waals surface area contributed by atoms with Crippen LogP contribution in [0.5, 0.6) is 0 Å². The monoisotopic (exact) mass is 283 g/mol. The van der Waals surface area contributed by atoms with E-state index in [1.165, 1.54) is 16.7 Å². The molecule has 1 heterocycles. The van der Waals surface area contributed by atoms with Crippen LogP contribution >= 0.6 is 0 Å². The highest BCUT2D eigenvalue weighted by molar-refractivity contribution is 5.29. The summed E-state index contributed by atoms with van der Waals surface area (Å²) in [4.78, 5) is 4.42. The molecule has 1 atom stereocenters. The van der Waals surface area contributed by atoms with Crippen molar-refractivity contribution in [2.24, 2.45) is 5.84 Å². The van der Waals surface area contributed by atoms with Crippen LogP contribution in [0.25, 0.3) is 0 Å². The number of aryl methyl sites for hydroxylation is 1. The number of rotatable bonds is 4. The molecular weight excluding hydrogens is 258 g/mol. The number of aromatic nitrogens is 1. The summed E-state index contributed by atoms with van der Waals surface area (Å²) in [6, 6.07) is 12.9. The van der Waals surface area contributed by atoms with Gasteiger partial charge in [0.15, 0.2) is 0 Å². The van der Waals surface area contributed by atoms with Gasteiger partial charge in [0.05, 0.1) is 11.7 Å². The zero-order valence-corrected chi connectivity index (χ0v) is 13.4. The molecule has 112 valence electrons. The third-order valence-corrected chi connectivity index (χ3v) is 3.75. The minimum atomic E-state index is 0.0328. The number of hydrogen-bond acceptors (Lipinski definition) is 3. The van der Waals surface area contributed by atoms with Gasteiger partial charge in [0.2, 0.25) is 0 Å². The van der Waals surface area contributed by atoms with Crippen LogP contribution in [-0.4, -0.2) is 4.98 Å². The molecule has 2 aromatic rings. The lowest BCUT2D eigenvalue weighted by atomic mass is 9.86. The van der Waals surface area contributed by atoms with Gasteiger partial charge in [-0.25, -0.2) is 0 Å². The lowest BCUT2D eigenvalue weighted by Gasteiger charge is -2.20. The molecule has 1 aromatic heterocycles. The maximum atomic E-state index is 5.71. The highest BCUT2D eigenvalue weighted by atomic mass is 15.2. The number of nitrogens with one attached hydrogen (secondary N) is 1. The summed E-state index contributed by atoms with van der Waals surface area (Å²) in [6.45, 7) is 8.74. The Bertz CT molecular complexity index is 582. The molecule has 0 bridgehead atoms. The van der Waals surface area contributed by atoms with E-state index in [4.69, 9.17) is 5.84 Å². The second-order valence-electron chi connectivity index (χ2n) is 6.63. The normalized spacial score (nSPS) is 13.2. The quantitative estimate of drug-likeness (QED) is 0.667. The van der Waals surface area contributed by atoms with Crippen molar-refractivity contribution in [2.45, 2.75) is 45.6 Å². The molecule has 3 heteroatoms. The lowest BCUT2D eigenvalue weighted by molar-refractivity contribution is 0.537. The fraction of sp³-hybridized carbons (Fsp3) is 0.389. The molecule has 0 saturated heterocycles. The largest absolute Gasteiger partial charge is 0.271 e. The van der Waals surface area contributed by atoms with Gasteiger partial charge in [-0.2, -0.15) is 0 Å². The number of nitrogens with two attached hydrogens (primary N) is 1. The molecule has 0 aliphatic carbocycles. The van der Waals surface area contributed by atoms with Crippen LogP contribution in [-0.2, 0) is 11.8 Å². The molecule has 0 fully saturated rings. The van der Waals surface area contributed by atoms with Crippen molar-refractivity contribution in [3.8, 4) is 0 Å². The molecule has 3 nitrogen and oxygen atoms in total. The zero-order chi connectivity index (χ0) is 15.5. The predicted molar refractivity (Wildman–Crippen MR) is 87.9 cm³/mol. The van der Waals surface area contributed by atoms with E-state index >= 15 is 0 Å². The van der Waals surface area contributed by atoms with E-state index in [2.05, 4.69) is 68.4 Å². The van der Waals surface area contributed by atoms with E-state index in [1.54, 1.807) is 0 Å². The summed E-state index contributed by atoms with van der Waals surface area (Å²) in [6.07, 6.45) is 2.66. The summed E-state index contributed by atoms with van der Waals surface area (Å²) in [7, 11) is 0. The van der Waals surface area contributed by atoms with Crippen LogP contribution < -0.4 is 11.3 Å². The minimum Gasteiger partial charge on any atom is -0.271 e. The molecule has 0 saturated carbocycles. The first-order valence-corrected chi connectivity index (χ1v) is 7.38. The Kier molecular flexibility index (Phi) is 4.76. The standard InChI is InChI=1S/C18H25N3/c1-13-9-10-20-16(11-13)17(21-19)12-14-5-7-15(8-6-14)18(2,3)4/h5-11,17,21H,12,19H2,1-4H3. The summed E-state index contributed by atoms with van der Waals surface area (Å²) in [5.74, 6) is 5.71. The number of hydrazine groups is 1. The van der Waals surface area contributed by atoms with Crippen LogP contribution in [0.1, 0.15) is 49.2 Å². The van der Waals surface area contributed by atoms with Crippen LogP contribution in [0.4, 0.5) is 0 Å². The van der Waals surface area contributed by atoms with Crippen LogP contribution in [0, 0.1) is 6.92 Å². The van der Waals surface area contributed by atoms with E-state index < -0.39 is 0 Å². The second kappa shape index (κ2) is 6.37. The van der Waals surface area contributed by atoms with E-state index in [-0.39, 0.29) is 11.5 Å².